The van der Waals surface area contributed by atoms with E-state index in [0.717, 1.165) is 5.69 Å². The second kappa shape index (κ2) is 8.11. The fourth-order valence-electron chi connectivity index (χ4n) is 1.85. The molecule has 0 heterocycles. The molecule has 0 bridgehead atoms. The summed E-state index contributed by atoms with van der Waals surface area (Å²) < 4.78 is 25.7. The first-order valence-electron chi connectivity index (χ1n) is 7.14. The van der Waals surface area contributed by atoms with Gasteiger partial charge in [-0.2, -0.15) is 5.10 Å². The number of carbonyl (C=O) groups excluding carboxylic acids is 1. The number of carbonyl (C=O) groups is 1. The average Bonchev–Trinajstić information content (AvgIpc) is 2.59. The van der Waals surface area contributed by atoms with Gasteiger partial charge in [-0.3, -0.25) is 5.43 Å². The molecule has 0 spiro atoms. The Morgan fingerprint density at radius 1 is 1.12 bits per heavy atom. The number of carboxylic acids is 1. The Kier molecular flexibility index (Phi) is 6.13. The molecule has 0 radical (unpaired) electrons. The molecule has 0 saturated carbocycles. The Morgan fingerprint density at radius 3 is 2.28 bits per heavy atom. The van der Waals surface area contributed by atoms with Gasteiger partial charge < -0.3 is 9.90 Å². The van der Waals surface area contributed by atoms with Crippen molar-refractivity contribution in [1.82, 2.24) is 4.72 Å². The number of sulfonamides is 1. The maximum atomic E-state index is 11.9. The zero-order chi connectivity index (χ0) is 18.4. The van der Waals surface area contributed by atoms with Gasteiger partial charge in [-0.05, 0) is 48.9 Å². The molecule has 0 amide bonds. The summed E-state index contributed by atoms with van der Waals surface area (Å²) in [5.74, 6) is -1.50. The molecule has 0 aliphatic rings. The summed E-state index contributed by atoms with van der Waals surface area (Å²) in [6.45, 7) is 0.982. The molecule has 9 heteroatoms. The highest BCUT2D eigenvalue weighted by molar-refractivity contribution is 7.89. The topological polar surface area (TPSA) is 111 Å². The molecule has 25 heavy (non-hydrogen) atoms. The summed E-state index contributed by atoms with van der Waals surface area (Å²) in [4.78, 5) is 10.3. The molecule has 0 fully saturated rings. The Hall–Kier alpha value is -2.42. The summed E-state index contributed by atoms with van der Waals surface area (Å²) in [6.07, 6.45) is 0. The van der Waals surface area contributed by atoms with Gasteiger partial charge in [0.25, 0.3) is 0 Å². The highest BCUT2D eigenvalue weighted by Gasteiger charge is 2.13. The molecular formula is C16H15ClN3O4S-. The highest BCUT2D eigenvalue weighted by atomic mass is 35.5. The molecule has 7 nitrogen and oxygen atoms in total. The number of benzene rings is 2. The van der Waals surface area contributed by atoms with Crippen LogP contribution in [0, 0.1) is 0 Å². The lowest BCUT2D eigenvalue weighted by molar-refractivity contribution is -0.303. The quantitative estimate of drug-likeness (QED) is 0.554. The van der Waals surface area contributed by atoms with Crippen molar-refractivity contribution in [2.45, 2.75) is 11.8 Å². The van der Waals surface area contributed by atoms with Crippen LogP contribution in [0.1, 0.15) is 12.5 Å². The van der Waals surface area contributed by atoms with Gasteiger partial charge in [0, 0.05) is 5.02 Å². The maximum absolute atomic E-state index is 11.9. The number of hydrogen-bond acceptors (Lipinski definition) is 6. The number of halogens is 1. The van der Waals surface area contributed by atoms with Gasteiger partial charge in [-0.25, -0.2) is 13.1 Å². The number of hydrazone groups is 1. The van der Waals surface area contributed by atoms with E-state index in [1.807, 2.05) is 4.72 Å². The lowest BCUT2D eigenvalue weighted by atomic mass is 10.1. The minimum Gasteiger partial charge on any atom is -0.549 e. The first kappa shape index (κ1) is 18.9. The second-order valence-corrected chi connectivity index (χ2v) is 7.24. The highest BCUT2D eigenvalue weighted by Crippen LogP contribution is 2.14. The Balaban J connectivity index is 2.09. The Morgan fingerprint density at radius 2 is 1.72 bits per heavy atom. The normalized spacial score (nSPS) is 12.0. The molecule has 2 rings (SSSR count). The van der Waals surface area contributed by atoms with Crippen LogP contribution in [0.25, 0.3) is 0 Å². The van der Waals surface area contributed by atoms with Crippen molar-refractivity contribution < 1.29 is 18.3 Å². The van der Waals surface area contributed by atoms with E-state index in [2.05, 4.69) is 10.5 Å². The molecule has 0 aromatic heterocycles. The van der Waals surface area contributed by atoms with Gasteiger partial charge in [0.1, 0.15) is 0 Å². The van der Waals surface area contributed by atoms with Crippen LogP contribution in [0.4, 0.5) is 5.69 Å². The fraction of sp³-hybridized carbons (Fsp3) is 0.125. The van der Waals surface area contributed by atoms with Crippen LogP contribution in [-0.4, -0.2) is 26.6 Å². The zero-order valence-corrected chi connectivity index (χ0v) is 14.8. The molecular weight excluding hydrogens is 366 g/mol. The number of anilines is 1. The third kappa shape index (κ3) is 5.56. The van der Waals surface area contributed by atoms with E-state index in [4.69, 9.17) is 11.6 Å². The minimum atomic E-state index is -3.90. The molecule has 132 valence electrons. The van der Waals surface area contributed by atoms with Crippen molar-refractivity contribution in [2.24, 2.45) is 5.10 Å². The molecule has 2 aromatic carbocycles. The summed E-state index contributed by atoms with van der Waals surface area (Å²) in [5, 5.41) is 15.2. The van der Waals surface area contributed by atoms with Crippen molar-refractivity contribution in [3.8, 4) is 0 Å². The summed E-state index contributed by atoms with van der Waals surface area (Å²) in [7, 11) is -3.90. The van der Waals surface area contributed by atoms with Crippen LogP contribution in [-0.2, 0) is 14.8 Å². The third-order valence-electron chi connectivity index (χ3n) is 3.19. The molecule has 0 saturated heterocycles. The van der Waals surface area contributed by atoms with Crippen LogP contribution in [0.3, 0.4) is 0 Å². The standard InChI is InChI=1S/C16H16ClN3O4S/c1-11(19-20-14-6-4-13(17)5-7-14)12-2-8-15(9-3-12)25(23,24)18-10-16(21)22/h2-9,18,20H,10H2,1H3,(H,21,22)/p-1/b19-11-. The molecule has 0 aliphatic heterocycles. The van der Waals surface area contributed by atoms with Crippen molar-refractivity contribution in [3.05, 3.63) is 59.1 Å². The number of nitrogens with one attached hydrogen (secondary N) is 2. The molecule has 2 N–H and O–H groups in total. The van der Waals surface area contributed by atoms with E-state index in [-0.39, 0.29) is 4.90 Å². The van der Waals surface area contributed by atoms with Crippen LogP contribution < -0.4 is 15.3 Å². The van der Waals surface area contributed by atoms with Crippen molar-refractivity contribution >= 4 is 39.0 Å². The molecule has 0 aliphatic carbocycles. The number of nitrogens with zero attached hydrogens (tertiary/aromatic N) is 1. The average molecular weight is 381 g/mol. The van der Waals surface area contributed by atoms with Crippen LogP contribution in [0.5, 0.6) is 0 Å². The number of carboxylic acid groups (broad SMARTS) is 1. The minimum absolute atomic E-state index is 0.0454. The van der Waals surface area contributed by atoms with E-state index in [1.165, 1.54) is 12.1 Å². The van der Waals surface area contributed by atoms with Gasteiger partial charge in [0.05, 0.1) is 28.8 Å². The molecule has 2 aromatic rings. The van der Waals surface area contributed by atoms with Crippen LogP contribution in [0.15, 0.2) is 58.5 Å². The summed E-state index contributed by atoms with van der Waals surface area (Å²) in [5.41, 5.74) is 4.98. The van der Waals surface area contributed by atoms with Gasteiger partial charge in [0.15, 0.2) is 0 Å². The maximum Gasteiger partial charge on any atom is 0.240 e. The van der Waals surface area contributed by atoms with E-state index in [1.54, 1.807) is 43.3 Å². The molecule has 0 atom stereocenters. The fourth-order valence-corrected chi connectivity index (χ4v) is 2.94. The zero-order valence-electron chi connectivity index (χ0n) is 13.2. The van der Waals surface area contributed by atoms with Gasteiger partial charge in [-0.15, -0.1) is 0 Å². The number of rotatable bonds is 7. The van der Waals surface area contributed by atoms with Crippen LogP contribution >= 0.6 is 11.6 Å². The van der Waals surface area contributed by atoms with Crippen molar-refractivity contribution in [3.63, 3.8) is 0 Å². The Bertz CT molecular complexity index is 879. The SMILES string of the molecule is C/C(=N/Nc1ccc(Cl)cc1)c1ccc(S(=O)(=O)NCC(=O)[O-])cc1. The Labute approximate surface area is 150 Å². The number of aliphatic carboxylic acids is 1. The van der Waals surface area contributed by atoms with E-state index < -0.39 is 22.5 Å². The first-order chi connectivity index (χ1) is 11.8. The van der Waals surface area contributed by atoms with Gasteiger partial charge in [0.2, 0.25) is 10.0 Å². The predicted octanol–water partition coefficient (Wildman–Crippen LogP) is 1.20. The lowest BCUT2D eigenvalue weighted by Gasteiger charge is -2.08. The molecule has 0 unspecified atom stereocenters. The van der Waals surface area contributed by atoms with E-state index in [0.29, 0.717) is 16.3 Å². The largest absolute Gasteiger partial charge is 0.549 e. The van der Waals surface area contributed by atoms with Gasteiger partial charge >= 0.3 is 0 Å². The monoisotopic (exact) mass is 380 g/mol. The summed E-state index contributed by atoms with van der Waals surface area (Å²) >= 11 is 5.81. The second-order valence-electron chi connectivity index (χ2n) is 5.04. The predicted molar refractivity (Wildman–Crippen MR) is 93.9 cm³/mol. The third-order valence-corrected chi connectivity index (χ3v) is 4.85. The number of hydrogen-bond donors (Lipinski definition) is 2. The first-order valence-corrected chi connectivity index (χ1v) is 9.00. The van der Waals surface area contributed by atoms with E-state index in [9.17, 15) is 18.3 Å². The van der Waals surface area contributed by atoms with Crippen LogP contribution in [0.2, 0.25) is 5.02 Å². The van der Waals surface area contributed by atoms with Gasteiger partial charge in [-0.1, -0.05) is 23.7 Å². The lowest BCUT2D eigenvalue weighted by Crippen LogP contribution is -2.37. The van der Waals surface area contributed by atoms with Crippen molar-refractivity contribution in [1.29, 1.82) is 0 Å². The van der Waals surface area contributed by atoms with Crippen molar-refractivity contribution in [2.75, 3.05) is 12.0 Å². The summed E-state index contributed by atoms with van der Waals surface area (Å²) in [6, 6.07) is 12.9. The van der Waals surface area contributed by atoms with E-state index >= 15 is 0 Å². The smallest absolute Gasteiger partial charge is 0.240 e.